The summed E-state index contributed by atoms with van der Waals surface area (Å²) in [6.07, 6.45) is 5.74. The van der Waals surface area contributed by atoms with Gasteiger partial charge in [0.05, 0.1) is 11.9 Å². The minimum absolute atomic E-state index is 0.0437. The number of sulfonamides is 1. The number of benzene rings is 3. The molecule has 0 spiro atoms. The number of anilines is 1. The van der Waals surface area contributed by atoms with E-state index in [2.05, 4.69) is 5.32 Å². The molecule has 4 rings (SSSR count). The van der Waals surface area contributed by atoms with Crippen molar-refractivity contribution in [3.63, 3.8) is 0 Å². The second-order valence-corrected chi connectivity index (χ2v) is 12.5. The van der Waals surface area contributed by atoms with Gasteiger partial charge in [-0.05, 0) is 54.7 Å². The second kappa shape index (κ2) is 14.3. The summed E-state index contributed by atoms with van der Waals surface area (Å²) in [5.74, 6) is -0.868. The van der Waals surface area contributed by atoms with E-state index in [9.17, 15) is 22.4 Å². The number of halogens is 1. The summed E-state index contributed by atoms with van der Waals surface area (Å²) in [7, 11) is -3.66. The van der Waals surface area contributed by atoms with Crippen molar-refractivity contribution in [3.05, 3.63) is 102 Å². The second-order valence-electron chi connectivity index (χ2n) is 10.6. The van der Waals surface area contributed by atoms with Gasteiger partial charge in [0.1, 0.15) is 11.9 Å². The third-order valence-corrected chi connectivity index (χ3v) is 8.63. The predicted octanol–water partition coefficient (Wildman–Crippen LogP) is 5.07. The van der Waals surface area contributed by atoms with Crippen LogP contribution in [0.4, 0.5) is 10.1 Å². The lowest BCUT2D eigenvalue weighted by Gasteiger charge is -2.32. The van der Waals surface area contributed by atoms with E-state index in [1.807, 2.05) is 60.7 Å². The maximum Gasteiger partial charge on any atom is 0.243 e. The van der Waals surface area contributed by atoms with Crippen LogP contribution in [0.2, 0.25) is 0 Å². The average molecular weight is 580 g/mol. The Labute approximate surface area is 242 Å². The quantitative estimate of drug-likeness (QED) is 0.306. The van der Waals surface area contributed by atoms with E-state index in [4.69, 9.17) is 0 Å². The fourth-order valence-electron chi connectivity index (χ4n) is 5.31. The zero-order valence-electron chi connectivity index (χ0n) is 23.4. The Kier molecular flexibility index (Phi) is 10.5. The fraction of sp³-hybridized carbons (Fsp3) is 0.375. The molecule has 3 aromatic rings. The summed E-state index contributed by atoms with van der Waals surface area (Å²) in [5.41, 5.74) is 2.18. The van der Waals surface area contributed by atoms with E-state index in [0.29, 0.717) is 12.1 Å². The highest BCUT2D eigenvalue weighted by molar-refractivity contribution is 7.92. The Morgan fingerprint density at radius 2 is 1.49 bits per heavy atom. The number of amides is 2. The molecule has 41 heavy (non-hydrogen) atoms. The highest BCUT2D eigenvalue weighted by atomic mass is 32.2. The van der Waals surface area contributed by atoms with Crippen molar-refractivity contribution in [1.29, 1.82) is 0 Å². The van der Waals surface area contributed by atoms with E-state index < -0.39 is 21.9 Å². The van der Waals surface area contributed by atoms with Crippen molar-refractivity contribution in [1.82, 2.24) is 10.2 Å². The van der Waals surface area contributed by atoms with Gasteiger partial charge in [0, 0.05) is 32.0 Å². The van der Waals surface area contributed by atoms with Crippen LogP contribution in [0.5, 0.6) is 0 Å². The third-order valence-electron chi connectivity index (χ3n) is 7.44. The molecule has 1 saturated carbocycles. The van der Waals surface area contributed by atoms with E-state index in [0.717, 1.165) is 43.1 Å². The van der Waals surface area contributed by atoms with Gasteiger partial charge in [-0.2, -0.15) is 0 Å². The predicted molar refractivity (Wildman–Crippen MR) is 159 cm³/mol. The van der Waals surface area contributed by atoms with Crippen LogP contribution in [-0.4, -0.2) is 50.0 Å². The molecule has 3 aromatic carbocycles. The number of rotatable bonds is 13. The standard InChI is InChI=1S/C32H38FN3O4S/c1-41(39,40)36(29-20-18-27(33)19-21-29)22-10-17-31(37)35(24-26-13-6-3-7-14-26)30(23-25-11-4-2-5-12-25)32(38)34-28-15-8-9-16-28/h2-7,11-14,18-21,28,30H,8-10,15-17,22-24H2,1H3,(H,34,38)/t30-/m1/s1. The number of carbonyl (C=O) groups is 2. The van der Waals surface area contributed by atoms with Gasteiger partial charge in [0.2, 0.25) is 21.8 Å². The molecule has 1 aliphatic carbocycles. The highest BCUT2D eigenvalue weighted by Crippen LogP contribution is 2.22. The summed E-state index contributed by atoms with van der Waals surface area (Å²) in [6.45, 7) is 0.302. The number of hydrogen-bond donors (Lipinski definition) is 1. The molecule has 0 aliphatic heterocycles. The summed E-state index contributed by atoms with van der Waals surface area (Å²) >= 11 is 0. The van der Waals surface area contributed by atoms with Gasteiger partial charge in [-0.3, -0.25) is 13.9 Å². The maximum absolute atomic E-state index is 13.9. The maximum atomic E-state index is 13.9. The van der Waals surface area contributed by atoms with Crippen LogP contribution in [0.1, 0.15) is 49.7 Å². The Morgan fingerprint density at radius 3 is 2.07 bits per heavy atom. The Morgan fingerprint density at radius 1 is 0.902 bits per heavy atom. The van der Waals surface area contributed by atoms with E-state index >= 15 is 0 Å². The molecule has 0 bridgehead atoms. The van der Waals surface area contributed by atoms with E-state index in [1.54, 1.807) is 4.90 Å². The van der Waals surface area contributed by atoms with Crippen LogP contribution in [0.3, 0.4) is 0 Å². The summed E-state index contributed by atoms with van der Waals surface area (Å²) in [4.78, 5) is 29.2. The van der Waals surface area contributed by atoms with Gasteiger partial charge in [-0.15, -0.1) is 0 Å². The monoisotopic (exact) mass is 579 g/mol. The summed E-state index contributed by atoms with van der Waals surface area (Å²) < 4.78 is 39.7. The largest absolute Gasteiger partial charge is 0.352 e. The number of carbonyl (C=O) groups excluding carboxylic acids is 2. The van der Waals surface area contributed by atoms with Gasteiger partial charge in [-0.1, -0.05) is 73.5 Å². The van der Waals surface area contributed by atoms with Gasteiger partial charge >= 0.3 is 0 Å². The first-order valence-electron chi connectivity index (χ1n) is 14.1. The van der Waals surface area contributed by atoms with Crippen molar-refractivity contribution < 1.29 is 22.4 Å². The smallest absolute Gasteiger partial charge is 0.243 e. The highest BCUT2D eigenvalue weighted by Gasteiger charge is 2.32. The Balaban J connectivity index is 1.56. The molecule has 0 radical (unpaired) electrons. The van der Waals surface area contributed by atoms with Crippen molar-refractivity contribution in [2.24, 2.45) is 0 Å². The lowest BCUT2D eigenvalue weighted by atomic mass is 10.0. The molecule has 1 atom stereocenters. The lowest BCUT2D eigenvalue weighted by Crippen LogP contribution is -2.52. The zero-order valence-corrected chi connectivity index (χ0v) is 24.2. The van der Waals surface area contributed by atoms with E-state index in [-0.39, 0.29) is 43.8 Å². The third kappa shape index (κ3) is 8.88. The Hall–Kier alpha value is -3.72. The van der Waals surface area contributed by atoms with Crippen LogP contribution in [-0.2, 0) is 32.6 Å². The molecule has 1 fully saturated rings. The van der Waals surface area contributed by atoms with Gasteiger partial charge in [0.25, 0.3) is 0 Å². The number of nitrogens with zero attached hydrogens (tertiary/aromatic N) is 2. The molecule has 0 unspecified atom stereocenters. The summed E-state index contributed by atoms with van der Waals surface area (Å²) in [5, 5.41) is 3.19. The van der Waals surface area contributed by atoms with Gasteiger partial charge < -0.3 is 10.2 Å². The van der Waals surface area contributed by atoms with Crippen LogP contribution < -0.4 is 9.62 Å². The molecule has 0 heterocycles. The van der Waals surface area contributed by atoms with E-state index in [1.165, 1.54) is 28.6 Å². The van der Waals surface area contributed by atoms with Gasteiger partial charge in [-0.25, -0.2) is 12.8 Å². The molecule has 1 aliphatic rings. The molecule has 218 valence electrons. The van der Waals surface area contributed by atoms with Crippen LogP contribution in [0.25, 0.3) is 0 Å². The Bertz CT molecular complexity index is 1380. The minimum atomic E-state index is -3.66. The zero-order chi connectivity index (χ0) is 29.2. The molecule has 1 N–H and O–H groups in total. The van der Waals surface area contributed by atoms with Crippen LogP contribution in [0.15, 0.2) is 84.9 Å². The lowest BCUT2D eigenvalue weighted by molar-refractivity contribution is -0.141. The van der Waals surface area contributed by atoms with Crippen LogP contribution in [0, 0.1) is 5.82 Å². The van der Waals surface area contributed by atoms with Crippen LogP contribution >= 0.6 is 0 Å². The number of nitrogens with one attached hydrogen (secondary N) is 1. The average Bonchev–Trinajstić information content (AvgIpc) is 3.47. The molecular formula is C32H38FN3O4S. The first-order chi connectivity index (χ1) is 19.7. The van der Waals surface area contributed by atoms with Crippen molar-refractivity contribution >= 4 is 27.5 Å². The topological polar surface area (TPSA) is 86.8 Å². The summed E-state index contributed by atoms with van der Waals surface area (Å²) in [6, 6.07) is 23.8. The molecule has 0 saturated heterocycles. The van der Waals surface area contributed by atoms with Gasteiger partial charge in [0.15, 0.2) is 0 Å². The van der Waals surface area contributed by atoms with Crippen molar-refractivity contribution in [3.8, 4) is 0 Å². The molecular weight excluding hydrogens is 541 g/mol. The molecule has 0 aromatic heterocycles. The fourth-order valence-corrected chi connectivity index (χ4v) is 6.28. The molecule has 2 amide bonds. The number of hydrogen-bond acceptors (Lipinski definition) is 4. The minimum Gasteiger partial charge on any atom is -0.352 e. The SMILES string of the molecule is CS(=O)(=O)N(CCCC(=O)N(Cc1ccccc1)[C@H](Cc1ccccc1)C(=O)NC1CCCC1)c1ccc(F)cc1. The van der Waals surface area contributed by atoms with Crippen molar-refractivity contribution in [2.45, 2.75) is 63.6 Å². The first-order valence-corrected chi connectivity index (χ1v) is 16.0. The van der Waals surface area contributed by atoms with Crippen molar-refractivity contribution in [2.75, 3.05) is 17.1 Å². The molecule has 7 nitrogen and oxygen atoms in total. The normalized spacial score (nSPS) is 14.4. The first kappa shape index (κ1) is 30.2. The molecule has 9 heteroatoms.